The fourth-order valence-electron chi connectivity index (χ4n) is 3.31. The molecule has 0 aromatic rings. The normalized spacial score (nSPS) is 22.3. The Hall–Kier alpha value is -1.34. The van der Waals surface area contributed by atoms with E-state index in [9.17, 15) is 4.79 Å². The van der Waals surface area contributed by atoms with Crippen LogP contribution >= 0.6 is 0 Å². The standard InChI is InChI=1S/C19H36N4O3/c1-3-10-21-18(24)14-22-19(20-4-2)23-11-8-16(9-12-23)26-15-17-7-5-6-13-25-17/h16-17H,3-15H2,1-2H3,(H,20,22)(H,21,24). The first kappa shape index (κ1) is 21.0. The summed E-state index contributed by atoms with van der Waals surface area (Å²) in [6, 6.07) is 0. The molecule has 0 saturated carbocycles. The molecule has 2 N–H and O–H groups in total. The largest absolute Gasteiger partial charge is 0.376 e. The number of ether oxygens (including phenoxy) is 2. The minimum Gasteiger partial charge on any atom is -0.376 e. The molecule has 0 radical (unpaired) electrons. The predicted octanol–water partition coefficient (Wildman–Crippen LogP) is 1.53. The van der Waals surface area contributed by atoms with Gasteiger partial charge in [-0.25, -0.2) is 4.99 Å². The Bertz CT molecular complexity index is 431. The molecule has 7 nitrogen and oxygen atoms in total. The van der Waals surface area contributed by atoms with Crippen LogP contribution in [-0.2, 0) is 14.3 Å². The van der Waals surface area contributed by atoms with Crippen LogP contribution in [0.4, 0.5) is 0 Å². The van der Waals surface area contributed by atoms with Gasteiger partial charge in [0.1, 0.15) is 6.54 Å². The fraction of sp³-hybridized carbons (Fsp3) is 0.895. The van der Waals surface area contributed by atoms with Crippen LogP contribution in [0.5, 0.6) is 0 Å². The van der Waals surface area contributed by atoms with Crippen molar-refractivity contribution in [1.82, 2.24) is 15.5 Å². The molecule has 0 spiro atoms. The Morgan fingerprint density at radius 1 is 1.19 bits per heavy atom. The number of nitrogens with zero attached hydrogens (tertiary/aromatic N) is 2. The van der Waals surface area contributed by atoms with Crippen LogP contribution in [0.3, 0.4) is 0 Å². The molecule has 26 heavy (non-hydrogen) atoms. The Labute approximate surface area is 157 Å². The molecule has 2 fully saturated rings. The second-order valence-electron chi connectivity index (χ2n) is 7.03. The number of carbonyl (C=O) groups excluding carboxylic acids is 1. The zero-order valence-corrected chi connectivity index (χ0v) is 16.5. The Morgan fingerprint density at radius 3 is 2.65 bits per heavy atom. The lowest BCUT2D eigenvalue weighted by Gasteiger charge is -2.35. The van der Waals surface area contributed by atoms with Gasteiger partial charge in [0.25, 0.3) is 0 Å². The number of aliphatic imine (C=N–C) groups is 1. The van der Waals surface area contributed by atoms with Gasteiger partial charge in [0.2, 0.25) is 5.91 Å². The summed E-state index contributed by atoms with van der Waals surface area (Å²) in [4.78, 5) is 18.5. The van der Waals surface area contributed by atoms with Gasteiger partial charge in [-0.3, -0.25) is 4.79 Å². The van der Waals surface area contributed by atoms with Crippen molar-refractivity contribution in [1.29, 1.82) is 0 Å². The van der Waals surface area contributed by atoms with Gasteiger partial charge in [-0.2, -0.15) is 0 Å². The summed E-state index contributed by atoms with van der Waals surface area (Å²) >= 11 is 0. The highest BCUT2D eigenvalue weighted by Crippen LogP contribution is 2.17. The molecule has 0 aromatic heterocycles. The number of carbonyl (C=O) groups is 1. The van der Waals surface area contributed by atoms with E-state index < -0.39 is 0 Å². The third kappa shape index (κ3) is 7.50. The van der Waals surface area contributed by atoms with Crippen LogP contribution in [0.2, 0.25) is 0 Å². The number of likely N-dealkylation sites (tertiary alicyclic amines) is 1. The molecule has 2 aliphatic heterocycles. The SMILES string of the molecule is CCCNC(=O)CN=C(NCC)N1CCC(OCC2CCCCO2)CC1. The Morgan fingerprint density at radius 2 is 2.00 bits per heavy atom. The molecule has 7 heteroatoms. The van der Waals surface area contributed by atoms with Gasteiger partial charge in [0.05, 0.1) is 18.8 Å². The van der Waals surface area contributed by atoms with Gasteiger partial charge in [0, 0.05) is 32.8 Å². The van der Waals surface area contributed by atoms with E-state index >= 15 is 0 Å². The van der Waals surface area contributed by atoms with Crippen molar-refractivity contribution in [3.05, 3.63) is 0 Å². The number of guanidine groups is 1. The minimum atomic E-state index is -0.0204. The summed E-state index contributed by atoms with van der Waals surface area (Å²) in [6.45, 7) is 9.17. The van der Waals surface area contributed by atoms with E-state index in [1.807, 2.05) is 13.8 Å². The van der Waals surface area contributed by atoms with E-state index in [1.165, 1.54) is 12.8 Å². The zero-order valence-electron chi connectivity index (χ0n) is 16.5. The summed E-state index contributed by atoms with van der Waals surface area (Å²) in [7, 11) is 0. The van der Waals surface area contributed by atoms with Crippen molar-refractivity contribution >= 4 is 11.9 Å². The maximum Gasteiger partial charge on any atom is 0.241 e. The lowest BCUT2D eigenvalue weighted by Crippen LogP contribution is -2.47. The number of amides is 1. The minimum absolute atomic E-state index is 0.0204. The molecule has 2 heterocycles. The highest BCUT2D eigenvalue weighted by Gasteiger charge is 2.23. The second-order valence-corrected chi connectivity index (χ2v) is 7.03. The van der Waals surface area contributed by atoms with Crippen LogP contribution in [0, 0.1) is 0 Å². The van der Waals surface area contributed by atoms with E-state index in [-0.39, 0.29) is 18.6 Å². The van der Waals surface area contributed by atoms with E-state index in [4.69, 9.17) is 9.47 Å². The highest BCUT2D eigenvalue weighted by molar-refractivity contribution is 5.85. The van der Waals surface area contributed by atoms with Crippen molar-refractivity contribution in [3.63, 3.8) is 0 Å². The quantitative estimate of drug-likeness (QED) is 0.502. The highest BCUT2D eigenvalue weighted by atomic mass is 16.5. The molecular formula is C19H36N4O3. The summed E-state index contributed by atoms with van der Waals surface area (Å²) in [5.74, 6) is 0.807. The molecule has 150 valence electrons. The van der Waals surface area contributed by atoms with Gasteiger partial charge in [-0.05, 0) is 45.4 Å². The molecule has 2 rings (SSSR count). The molecular weight excluding hydrogens is 332 g/mol. The van der Waals surface area contributed by atoms with Crippen LogP contribution in [0.25, 0.3) is 0 Å². The first-order valence-electron chi connectivity index (χ1n) is 10.3. The Kier molecular flexibility index (Phi) is 9.77. The average molecular weight is 369 g/mol. The van der Waals surface area contributed by atoms with E-state index in [1.54, 1.807) is 0 Å². The average Bonchev–Trinajstić information content (AvgIpc) is 2.69. The third-order valence-corrected chi connectivity index (χ3v) is 4.81. The number of nitrogens with one attached hydrogen (secondary N) is 2. The molecule has 0 aromatic carbocycles. The summed E-state index contributed by atoms with van der Waals surface area (Å²) in [5.41, 5.74) is 0. The van der Waals surface area contributed by atoms with Crippen molar-refractivity contribution in [2.45, 2.75) is 64.6 Å². The topological polar surface area (TPSA) is 75.2 Å². The third-order valence-electron chi connectivity index (χ3n) is 4.81. The second kappa shape index (κ2) is 12.1. The number of piperidine rings is 1. The molecule has 0 bridgehead atoms. The van der Waals surface area contributed by atoms with Crippen molar-refractivity contribution in [2.75, 3.05) is 45.9 Å². The number of hydrogen-bond donors (Lipinski definition) is 2. The maximum atomic E-state index is 11.8. The van der Waals surface area contributed by atoms with Gasteiger partial charge in [-0.1, -0.05) is 6.92 Å². The van der Waals surface area contributed by atoms with Crippen LogP contribution < -0.4 is 10.6 Å². The van der Waals surface area contributed by atoms with Crippen LogP contribution in [0.15, 0.2) is 4.99 Å². The van der Waals surface area contributed by atoms with Crippen molar-refractivity contribution < 1.29 is 14.3 Å². The molecule has 0 aliphatic carbocycles. The zero-order chi connectivity index (χ0) is 18.6. The first-order chi connectivity index (χ1) is 12.7. The summed E-state index contributed by atoms with van der Waals surface area (Å²) in [5, 5.41) is 6.16. The van der Waals surface area contributed by atoms with Crippen molar-refractivity contribution in [3.8, 4) is 0 Å². The number of rotatable bonds is 8. The number of hydrogen-bond acceptors (Lipinski definition) is 4. The first-order valence-corrected chi connectivity index (χ1v) is 10.3. The monoisotopic (exact) mass is 368 g/mol. The molecule has 1 atom stereocenters. The molecule has 2 aliphatic rings. The molecule has 1 amide bonds. The van der Waals surface area contributed by atoms with Gasteiger partial charge in [0.15, 0.2) is 5.96 Å². The van der Waals surface area contributed by atoms with E-state index in [0.717, 1.165) is 64.5 Å². The fourth-order valence-corrected chi connectivity index (χ4v) is 3.31. The predicted molar refractivity (Wildman–Crippen MR) is 103 cm³/mol. The summed E-state index contributed by atoms with van der Waals surface area (Å²) in [6.07, 6.45) is 7.04. The van der Waals surface area contributed by atoms with Gasteiger partial charge >= 0.3 is 0 Å². The Balaban J connectivity index is 1.72. The molecule has 2 saturated heterocycles. The lowest BCUT2D eigenvalue weighted by atomic mass is 10.1. The van der Waals surface area contributed by atoms with Crippen molar-refractivity contribution in [2.24, 2.45) is 4.99 Å². The van der Waals surface area contributed by atoms with E-state index in [2.05, 4.69) is 20.5 Å². The van der Waals surface area contributed by atoms with Crippen LogP contribution in [-0.4, -0.2) is 74.9 Å². The lowest BCUT2D eigenvalue weighted by molar-refractivity contribution is -0.119. The van der Waals surface area contributed by atoms with Crippen LogP contribution in [0.1, 0.15) is 52.4 Å². The van der Waals surface area contributed by atoms with Gasteiger partial charge in [-0.15, -0.1) is 0 Å². The van der Waals surface area contributed by atoms with Gasteiger partial charge < -0.3 is 25.0 Å². The summed E-state index contributed by atoms with van der Waals surface area (Å²) < 4.78 is 11.8. The van der Waals surface area contributed by atoms with E-state index in [0.29, 0.717) is 12.6 Å². The molecule has 1 unspecified atom stereocenters. The maximum absolute atomic E-state index is 11.8. The smallest absolute Gasteiger partial charge is 0.241 e.